The zero-order valence-corrected chi connectivity index (χ0v) is 11.9. The second-order valence-electron chi connectivity index (χ2n) is 4.95. The Bertz CT molecular complexity index is 428. The van der Waals surface area contributed by atoms with Crippen LogP contribution < -0.4 is 10.2 Å². The van der Waals surface area contributed by atoms with Crippen LogP contribution in [0.2, 0.25) is 0 Å². The Hall–Kier alpha value is -0.990. The van der Waals surface area contributed by atoms with Crippen molar-refractivity contribution in [1.82, 2.24) is 5.32 Å². The topological polar surface area (TPSA) is 15.3 Å². The number of anilines is 1. The van der Waals surface area contributed by atoms with Gasteiger partial charge in [-0.1, -0.05) is 36.7 Å². The molecule has 0 radical (unpaired) electrons. The molecule has 1 atom stereocenters. The van der Waals surface area contributed by atoms with Gasteiger partial charge in [-0.05, 0) is 30.5 Å². The lowest BCUT2D eigenvalue weighted by molar-refractivity contribution is 0.506. The Morgan fingerprint density at radius 1 is 1.50 bits per heavy atom. The maximum absolute atomic E-state index is 5.81. The van der Waals surface area contributed by atoms with Gasteiger partial charge in [0.15, 0.2) is 0 Å². The summed E-state index contributed by atoms with van der Waals surface area (Å²) >= 11 is 5.81. The third-order valence-electron chi connectivity index (χ3n) is 3.47. The van der Waals surface area contributed by atoms with Gasteiger partial charge >= 0.3 is 0 Å². The van der Waals surface area contributed by atoms with E-state index < -0.39 is 0 Å². The van der Waals surface area contributed by atoms with Gasteiger partial charge in [0.1, 0.15) is 0 Å². The molecule has 1 aromatic rings. The summed E-state index contributed by atoms with van der Waals surface area (Å²) < 4.78 is 0. The van der Waals surface area contributed by atoms with Gasteiger partial charge in [-0.3, -0.25) is 0 Å². The third kappa shape index (κ3) is 3.06. The van der Waals surface area contributed by atoms with Gasteiger partial charge in [0, 0.05) is 36.9 Å². The molecule has 1 N–H and O–H groups in total. The van der Waals surface area contributed by atoms with E-state index in [1.165, 1.54) is 16.8 Å². The van der Waals surface area contributed by atoms with Gasteiger partial charge < -0.3 is 10.2 Å². The number of para-hydroxylation sites is 1. The predicted molar refractivity (Wildman–Crippen MR) is 79.2 cm³/mol. The van der Waals surface area contributed by atoms with Gasteiger partial charge in [-0.2, -0.15) is 0 Å². The summed E-state index contributed by atoms with van der Waals surface area (Å²) in [5.74, 6) is 0. The average Bonchev–Trinajstić information content (AvgIpc) is 2.59. The lowest BCUT2D eigenvalue weighted by atomic mass is 10.1. The van der Waals surface area contributed by atoms with Crippen LogP contribution in [0.15, 0.2) is 35.4 Å². The van der Waals surface area contributed by atoms with Crippen molar-refractivity contribution in [3.05, 3.63) is 40.9 Å². The predicted octanol–water partition coefficient (Wildman–Crippen LogP) is 3.52. The molecule has 1 aliphatic heterocycles. The quantitative estimate of drug-likeness (QED) is 0.899. The molecule has 0 aliphatic carbocycles. The molecule has 18 heavy (non-hydrogen) atoms. The highest BCUT2D eigenvalue weighted by molar-refractivity contribution is 6.25. The van der Waals surface area contributed by atoms with Crippen LogP contribution in [0.3, 0.4) is 0 Å². The monoisotopic (exact) mass is 264 g/mol. The van der Waals surface area contributed by atoms with E-state index in [4.69, 9.17) is 11.6 Å². The molecule has 3 heteroatoms. The standard InChI is InChI=1S/C15H21ClN2/c1-3-14-11-18(10-12(2)8-16)15-7-5-4-6-13(15)9-17-14/h4-8,14,17H,3,9-11H2,1-2H3/b12-8+. The van der Waals surface area contributed by atoms with E-state index in [0.717, 1.165) is 26.1 Å². The molecule has 0 aromatic heterocycles. The zero-order chi connectivity index (χ0) is 13.0. The minimum Gasteiger partial charge on any atom is -0.366 e. The number of nitrogens with zero attached hydrogens (tertiary/aromatic N) is 1. The van der Waals surface area contributed by atoms with E-state index in [1.807, 2.05) is 0 Å². The van der Waals surface area contributed by atoms with E-state index in [0.29, 0.717) is 6.04 Å². The smallest absolute Gasteiger partial charge is 0.0415 e. The highest BCUT2D eigenvalue weighted by Gasteiger charge is 2.19. The normalized spacial score (nSPS) is 20.5. The van der Waals surface area contributed by atoms with Crippen LogP contribution >= 0.6 is 11.6 Å². The van der Waals surface area contributed by atoms with Crippen molar-refractivity contribution in [3.63, 3.8) is 0 Å². The molecule has 0 bridgehead atoms. The maximum Gasteiger partial charge on any atom is 0.0415 e. The summed E-state index contributed by atoms with van der Waals surface area (Å²) in [6.45, 7) is 7.20. The Labute approximate surface area is 115 Å². The van der Waals surface area contributed by atoms with E-state index >= 15 is 0 Å². The number of halogens is 1. The van der Waals surface area contributed by atoms with E-state index in [2.05, 4.69) is 48.3 Å². The summed E-state index contributed by atoms with van der Waals surface area (Å²) in [7, 11) is 0. The minimum absolute atomic E-state index is 0.542. The number of nitrogens with one attached hydrogen (secondary N) is 1. The summed E-state index contributed by atoms with van der Waals surface area (Å²) in [4.78, 5) is 2.43. The fraction of sp³-hybridized carbons (Fsp3) is 0.467. The Balaban J connectivity index is 2.28. The fourth-order valence-corrected chi connectivity index (χ4v) is 2.48. The molecule has 1 aromatic carbocycles. The van der Waals surface area contributed by atoms with Gasteiger partial charge in [0.2, 0.25) is 0 Å². The largest absolute Gasteiger partial charge is 0.366 e. The Kier molecular flexibility index (Phi) is 4.67. The van der Waals surface area contributed by atoms with Gasteiger partial charge in [0.05, 0.1) is 0 Å². The molecule has 1 aliphatic rings. The number of hydrogen-bond acceptors (Lipinski definition) is 2. The summed E-state index contributed by atoms with van der Waals surface area (Å²) in [5, 5.41) is 3.61. The molecule has 2 nitrogen and oxygen atoms in total. The lowest BCUT2D eigenvalue weighted by Crippen LogP contribution is -2.38. The third-order valence-corrected chi connectivity index (χ3v) is 3.85. The van der Waals surface area contributed by atoms with Gasteiger partial charge in [-0.15, -0.1) is 0 Å². The average molecular weight is 265 g/mol. The van der Waals surface area contributed by atoms with Crippen LogP contribution in [0, 0.1) is 0 Å². The minimum atomic E-state index is 0.542. The van der Waals surface area contributed by atoms with Crippen LogP contribution in [0.25, 0.3) is 0 Å². The second kappa shape index (κ2) is 6.26. The maximum atomic E-state index is 5.81. The van der Waals surface area contributed by atoms with Crippen molar-refractivity contribution in [1.29, 1.82) is 0 Å². The number of fused-ring (bicyclic) bond motifs is 1. The van der Waals surface area contributed by atoms with E-state index in [9.17, 15) is 0 Å². The van der Waals surface area contributed by atoms with Crippen LogP contribution in [-0.2, 0) is 6.54 Å². The van der Waals surface area contributed by atoms with Crippen molar-refractivity contribution < 1.29 is 0 Å². The molecule has 1 heterocycles. The summed E-state index contributed by atoms with van der Waals surface area (Å²) in [5.41, 5.74) is 5.58. The summed E-state index contributed by atoms with van der Waals surface area (Å²) in [6, 6.07) is 9.16. The number of rotatable bonds is 3. The number of hydrogen-bond donors (Lipinski definition) is 1. The second-order valence-corrected chi connectivity index (χ2v) is 5.17. The Morgan fingerprint density at radius 2 is 2.28 bits per heavy atom. The van der Waals surface area contributed by atoms with Gasteiger partial charge in [-0.25, -0.2) is 0 Å². The molecule has 0 amide bonds. The molecule has 98 valence electrons. The first-order valence-corrected chi connectivity index (χ1v) is 7.00. The van der Waals surface area contributed by atoms with Crippen molar-refractivity contribution in [2.45, 2.75) is 32.9 Å². The first kappa shape index (κ1) is 13.4. The fourth-order valence-electron chi connectivity index (χ4n) is 2.41. The van der Waals surface area contributed by atoms with Crippen LogP contribution in [-0.4, -0.2) is 19.1 Å². The number of benzene rings is 1. The van der Waals surface area contributed by atoms with Crippen molar-refractivity contribution in [2.24, 2.45) is 0 Å². The van der Waals surface area contributed by atoms with Crippen molar-refractivity contribution in [2.75, 3.05) is 18.0 Å². The highest BCUT2D eigenvalue weighted by atomic mass is 35.5. The molecular weight excluding hydrogens is 244 g/mol. The molecule has 2 rings (SSSR count). The zero-order valence-electron chi connectivity index (χ0n) is 11.1. The van der Waals surface area contributed by atoms with Crippen molar-refractivity contribution in [3.8, 4) is 0 Å². The lowest BCUT2D eigenvalue weighted by Gasteiger charge is -2.27. The Morgan fingerprint density at radius 3 is 3.00 bits per heavy atom. The highest BCUT2D eigenvalue weighted by Crippen LogP contribution is 2.24. The van der Waals surface area contributed by atoms with Crippen LogP contribution in [0.4, 0.5) is 5.69 Å². The summed E-state index contributed by atoms with van der Waals surface area (Å²) in [6.07, 6.45) is 1.15. The molecule has 1 unspecified atom stereocenters. The van der Waals surface area contributed by atoms with E-state index in [-0.39, 0.29) is 0 Å². The van der Waals surface area contributed by atoms with E-state index in [1.54, 1.807) is 5.54 Å². The van der Waals surface area contributed by atoms with Gasteiger partial charge in [0.25, 0.3) is 0 Å². The molecule has 0 saturated heterocycles. The van der Waals surface area contributed by atoms with Crippen molar-refractivity contribution >= 4 is 17.3 Å². The molecule has 0 saturated carbocycles. The molecule has 0 spiro atoms. The van der Waals surface area contributed by atoms with Crippen LogP contribution in [0.5, 0.6) is 0 Å². The first-order valence-electron chi connectivity index (χ1n) is 6.56. The molecule has 0 fully saturated rings. The SMILES string of the molecule is CCC1CN(C/C(C)=C/Cl)c2ccccc2CN1. The molecular formula is C15H21ClN2. The van der Waals surface area contributed by atoms with Crippen LogP contribution in [0.1, 0.15) is 25.8 Å². The first-order chi connectivity index (χ1) is 8.74.